The summed E-state index contributed by atoms with van der Waals surface area (Å²) in [6.07, 6.45) is 0.461. The molecule has 0 N–H and O–H groups in total. The van der Waals surface area contributed by atoms with Gasteiger partial charge in [-0.25, -0.2) is 4.98 Å². The van der Waals surface area contributed by atoms with E-state index in [0.29, 0.717) is 11.3 Å². The lowest BCUT2D eigenvalue weighted by atomic mass is 10.3. The number of carbonyl (C=O) groups is 1. The molecule has 1 aromatic heterocycles. The number of rotatable bonds is 3. The number of carbonyl (C=O) groups excluding carboxylic acids is 1. The molecular formula is C8H8FNOS. The van der Waals surface area contributed by atoms with Gasteiger partial charge in [0.1, 0.15) is 0 Å². The molecular weight excluding hydrogens is 177 g/mol. The molecule has 12 heavy (non-hydrogen) atoms. The van der Waals surface area contributed by atoms with Gasteiger partial charge in [-0.05, 0) is 17.9 Å². The first-order valence-corrected chi connectivity index (χ1v) is 4.51. The quantitative estimate of drug-likeness (QED) is 0.410. The van der Waals surface area contributed by atoms with Gasteiger partial charge in [0, 0.05) is 0 Å². The summed E-state index contributed by atoms with van der Waals surface area (Å²) in [4.78, 5) is 13.8. The number of aldehydes is 1. The standard InChI is InChI=1S/C8H8FNOS/c1-2-12-7-4-3-6(5-11)8(9)10-7/h3-5H,2H2,1H3. The molecule has 0 aromatic carbocycles. The van der Waals surface area contributed by atoms with Crippen LogP contribution in [0, 0.1) is 5.95 Å². The van der Waals surface area contributed by atoms with E-state index >= 15 is 0 Å². The monoisotopic (exact) mass is 185 g/mol. The van der Waals surface area contributed by atoms with Crippen LogP contribution < -0.4 is 0 Å². The Balaban J connectivity index is 2.93. The zero-order valence-corrected chi connectivity index (χ0v) is 7.40. The number of pyridine rings is 1. The van der Waals surface area contributed by atoms with Gasteiger partial charge in [-0.2, -0.15) is 4.39 Å². The molecule has 0 radical (unpaired) electrons. The highest BCUT2D eigenvalue weighted by Gasteiger charge is 2.03. The maximum Gasteiger partial charge on any atom is 0.224 e. The van der Waals surface area contributed by atoms with Gasteiger partial charge >= 0.3 is 0 Å². The average molecular weight is 185 g/mol. The van der Waals surface area contributed by atoms with E-state index in [1.54, 1.807) is 6.07 Å². The molecule has 4 heteroatoms. The molecule has 0 aliphatic heterocycles. The number of nitrogens with zero attached hydrogens (tertiary/aromatic N) is 1. The fourth-order valence-corrected chi connectivity index (χ4v) is 1.35. The van der Waals surface area contributed by atoms with Gasteiger partial charge in [0.05, 0.1) is 10.6 Å². The van der Waals surface area contributed by atoms with E-state index in [1.165, 1.54) is 17.8 Å². The summed E-state index contributed by atoms with van der Waals surface area (Å²) >= 11 is 1.44. The van der Waals surface area contributed by atoms with Crippen molar-refractivity contribution < 1.29 is 9.18 Å². The van der Waals surface area contributed by atoms with Crippen molar-refractivity contribution in [1.29, 1.82) is 0 Å². The molecule has 1 rings (SSSR count). The Labute approximate surface area is 74.2 Å². The zero-order valence-electron chi connectivity index (χ0n) is 6.58. The molecule has 0 aliphatic rings. The maximum absolute atomic E-state index is 12.8. The Bertz CT molecular complexity index is 290. The highest BCUT2D eigenvalue weighted by molar-refractivity contribution is 7.99. The van der Waals surface area contributed by atoms with Gasteiger partial charge in [0.25, 0.3) is 0 Å². The first-order chi connectivity index (χ1) is 5.77. The second-order valence-corrected chi connectivity index (χ2v) is 3.36. The molecule has 0 spiro atoms. The van der Waals surface area contributed by atoms with E-state index in [9.17, 15) is 9.18 Å². The van der Waals surface area contributed by atoms with Crippen molar-refractivity contribution in [3.8, 4) is 0 Å². The number of hydrogen-bond donors (Lipinski definition) is 0. The van der Waals surface area contributed by atoms with E-state index in [4.69, 9.17) is 0 Å². The van der Waals surface area contributed by atoms with E-state index in [-0.39, 0.29) is 5.56 Å². The Kier molecular flexibility index (Phi) is 3.22. The lowest BCUT2D eigenvalue weighted by Gasteiger charge is -1.97. The summed E-state index contributed by atoms with van der Waals surface area (Å²) in [5, 5.41) is 0.612. The number of aromatic nitrogens is 1. The Morgan fingerprint density at radius 2 is 2.42 bits per heavy atom. The van der Waals surface area contributed by atoms with Gasteiger partial charge in [-0.3, -0.25) is 4.79 Å². The molecule has 0 amide bonds. The first-order valence-electron chi connectivity index (χ1n) is 3.52. The van der Waals surface area contributed by atoms with Gasteiger partial charge in [-0.1, -0.05) is 6.92 Å². The minimum absolute atomic E-state index is 0.00968. The second kappa shape index (κ2) is 4.21. The summed E-state index contributed by atoms with van der Waals surface area (Å²) in [5.74, 6) is 0.149. The normalized spacial score (nSPS) is 9.83. The maximum atomic E-state index is 12.8. The molecule has 64 valence electrons. The van der Waals surface area contributed by atoms with Crippen LogP contribution in [0.25, 0.3) is 0 Å². The first kappa shape index (κ1) is 9.19. The Hall–Kier alpha value is -0.900. The second-order valence-electron chi connectivity index (χ2n) is 2.08. The Morgan fingerprint density at radius 1 is 1.67 bits per heavy atom. The van der Waals surface area contributed by atoms with Crippen LogP contribution in [0.4, 0.5) is 4.39 Å². The SMILES string of the molecule is CCSc1ccc(C=O)c(F)n1. The van der Waals surface area contributed by atoms with Gasteiger partial charge in [0.2, 0.25) is 5.95 Å². The third-order valence-corrected chi connectivity index (χ3v) is 2.08. The minimum Gasteiger partial charge on any atom is -0.298 e. The van der Waals surface area contributed by atoms with E-state index in [2.05, 4.69) is 4.98 Å². The third-order valence-electron chi connectivity index (χ3n) is 1.27. The Morgan fingerprint density at radius 3 is 2.92 bits per heavy atom. The van der Waals surface area contributed by atoms with E-state index in [1.807, 2.05) is 6.92 Å². The fraction of sp³-hybridized carbons (Fsp3) is 0.250. The van der Waals surface area contributed by atoms with Crippen molar-refractivity contribution in [3.05, 3.63) is 23.6 Å². The molecule has 2 nitrogen and oxygen atoms in total. The van der Waals surface area contributed by atoms with Crippen LogP contribution in [0.15, 0.2) is 17.2 Å². The zero-order chi connectivity index (χ0) is 8.97. The number of halogens is 1. The average Bonchev–Trinajstić information content (AvgIpc) is 2.05. The largest absolute Gasteiger partial charge is 0.298 e. The van der Waals surface area contributed by atoms with Gasteiger partial charge in [-0.15, -0.1) is 11.8 Å². The molecule has 0 fully saturated rings. The van der Waals surface area contributed by atoms with Gasteiger partial charge in [0.15, 0.2) is 6.29 Å². The van der Waals surface area contributed by atoms with Gasteiger partial charge < -0.3 is 0 Å². The summed E-state index contributed by atoms with van der Waals surface area (Å²) in [6, 6.07) is 3.08. The molecule has 1 heterocycles. The summed E-state index contributed by atoms with van der Waals surface area (Å²) in [6.45, 7) is 1.96. The van der Waals surface area contributed by atoms with Crippen LogP contribution in [0.5, 0.6) is 0 Å². The van der Waals surface area contributed by atoms with Crippen LogP contribution in [0.2, 0.25) is 0 Å². The summed E-state index contributed by atoms with van der Waals surface area (Å²) in [5.41, 5.74) is 0.00968. The van der Waals surface area contributed by atoms with Crippen LogP contribution in [-0.4, -0.2) is 17.0 Å². The van der Waals surface area contributed by atoms with E-state index < -0.39 is 5.95 Å². The van der Waals surface area contributed by atoms with Crippen molar-refractivity contribution in [2.75, 3.05) is 5.75 Å². The van der Waals surface area contributed by atoms with E-state index in [0.717, 1.165) is 5.75 Å². The van der Waals surface area contributed by atoms with Crippen molar-refractivity contribution in [1.82, 2.24) is 4.98 Å². The molecule has 1 aromatic rings. The van der Waals surface area contributed by atoms with Crippen molar-refractivity contribution in [2.24, 2.45) is 0 Å². The van der Waals surface area contributed by atoms with Crippen LogP contribution in [-0.2, 0) is 0 Å². The molecule has 0 aliphatic carbocycles. The third kappa shape index (κ3) is 2.04. The summed E-state index contributed by atoms with van der Waals surface area (Å²) < 4.78 is 12.8. The molecule has 0 bridgehead atoms. The number of hydrogen-bond acceptors (Lipinski definition) is 3. The fourth-order valence-electron chi connectivity index (χ4n) is 0.745. The highest BCUT2D eigenvalue weighted by atomic mass is 32.2. The van der Waals surface area contributed by atoms with Crippen LogP contribution >= 0.6 is 11.8 Å². The van der Waals surface area contributed by atoms with Crippen molar-refractivity contribution in [3.63, 3.8) is 0 Å². The minimum atomic E-state index is -0.691. The van der Waals surface area contributed by atoms with Crippen molar-refractivity contribution >= 4 is 18.0 Å². The predicted molar refractivity (Wildman–Crippen MR) is 46.0 cm³/mol. The lowest BCUT2D eigenvalue weighted by molar-refractivity contribution is 0.111. The van der Waals surface area contributed by atoms with Crippen molar-refractivity contribution in [2.45, 2.75) is 11.9 Å². The molecule has 0 atom stereocenters. The lowest BCUT2D eigenvalue weighted by Crippen LogP contribution is -1.93. The topological polar surface area (TPSA) is 30.0 Å². The smallest absolute Gasteiger partial charge is 0.224 e. The summed E-state index contributed by atoms with van der Waals surface area (Å²) in [7, 11) is 0. The number of thioether (sulfide) groups is 1. The molecule has 0 saturated carbocycles. The van der Waals surface area contributed by atoms with Crippen LogP contribution in [0.1, 0.15) is 17.3 Å². The highest BCUT2D eigenvalue weighted by Crippen LogP contribution is 2.15. The predicted octanol–water partition coefficient (Wildman–Crippen LogP) is 2.15. The molecule has 0 unspecified atom stereocenters. The van der Waals surface area contributed by atoms with Crippen LogP contribution in [0.3, 0.4) is 0 Å². The molecule has 0 saturated heterocycles.